The van der Waals surface area contributed by atoms with E-state index < -0.39 is 15.9 Å². The van der Waals surface area contributed by atoms with Crippen LogP contribution in [-0.2, 0) is 25.8 Å². The number of ether oxygens (including phenoxy) is 1. The van der Waals surface area contributed by atoms with Crippen molar-refractivity contribution in [2.75, 3.05) is 31.7 Å². The average Bonchev–Trinajstić information content (AvgIpc) is 2.92. The zero-order chi connectivity index (χ0) is 18.4. The summed E-state index contributed by atoms with van der Waals surface area (Å²) in [6, 6.07) is 7.15. The van der Waals surface area contributed by atoms with Crippen LogP contribution in [0.15, 0.2) is 24.3 Å². The Labute approximate surface area is 148 Å². The standard InChI is InChI=1S/C17H24N2O5S/c1-13(20)19(15-8-10-25(22,23)12-15)11-17(21)18-9-7-14-5-3-4-6-16(14)24-2/h3-6,15H,7-12H2,1-2H3,(H,18,21). The molecule has 1 saturated heterocycles. The van der Waals surface area contributed by atoms with E-state index in [1.54, 1.807) is 7.11 Å². The maximum atomic E-state index is 12.1. The average molecular weight is 368 g/mol. The Bertz CT molecular complexity index is 732. The van der Waals surface area contributed by atoms with Crippen LogP contribution in [0.2, 0.25) is 0 Å². The maximum Gasteiger partial charge on any atom is 0.239 e. The Kier molecular flexibility index (Phi) is 6.41. The van der Waals surface area contributed by atoms with E-state index in [1.165, 1.54) is 11.8 Å². The van der Waals surface area contributed by atoms with Gasteiger partial charge in [0.05, 0.1) is 25.2 Å². The van der Waals surface area contributed by atoms with Gasteiger partial charge in [0.25, 0.3) is 0 Å². The van der Waals surface area contributed by atoms with Crippen molar-refractivity contribution in [2.24, 2.45) is 0 Å². The highest BCUT2D eigenvalue weighted by Gasteiger charge is 2.34. The molecule has 8 heteroatoms. The number of hydrogen-bond donors (Lipinski definition) is 1. The Hall–Kier alpha value is -2.09. The van der Waals surface area contributed by atoms with Crippen LogP contribution < -0.4 is 10.1 Å². The third kappa shape index (κ3) is 5.45. The number of hydrogen-bond acceptors (Lipinski definition) is 5. The van der Waals surface area contributed by atoms with Crippen molar-refractivity contribution in [3.05, 3.63) is 29.8 Å². The normalized spacial score (nSPS) is 18.6. The summed E-state index contributed by atoms with van der Waals surface area (Å²) >= 11 is 0. The number of methoxy groups -OCH3 is 1. The molecule has 1 aliphatic heterocycles. The lowest BCUT2D eigenvalue weighted by atomic mass is 10.1. The van der Waals surface area contributed by atoms with Gasteiger partial charge in [-0.1, -0.05) is 18.2 Å². The topological polar surface area (TPSA) is 92.8 Å². The number of rotatable bonds is 7. The highest BCUT2D eigenvalue weighted by atomic mass is 32.2. The summed E-state index contributed by atoms with van der Waals surface area (Å²) in [6.45, 7) is 1.64. The smallest absolute Gasteiger partial charge is 0.239 e. The van der Waals surface area contributed by atoms with Gasteiger partial charge in [0.1, 0.15) is 5.75 Å². The van der Waals surface area contributed by atoms with E-state index in [4.69, 9.17) is 4.74 Å². The summed E-state index contributed by atoms with van der Waals surface area (Å²) < 4.78 is 28.4. The number of carbonyl (C=O) groups excluding carboxylic acids is 2. The van der Waals surface area contributed by atoms with Crippen molar-refractivity contribution in [3.63, 3.8) is 0 Å². The highest BCUT2D eigenvalue weighted by molar-refractivity contribution is 7.91. The fourth-order valence-electron chi connectivity index (χ4n) is 2.98. The molecule has 0 spiro atoms. The summed E-state index contributed by atoms with van der Waals surface area (Å²) in [7, 11) is -1.51. The first-order chi connectivity index (χ1) is 11.8. The van der Waals surface area contributed by atoms with Crippen molar-refractivity contribution >= 4 is 21.7 Å². The maximum absolute atomic E-state index is 12.1. The van der Waals surface area contributed by atoms with Gasteiger partial charge in [-0.05, 0) is 24.5 Å². The molecule has 0 aromatic heterocycles. The zero-order valence-corrected chi connectivity index (χ0v) is 15.3. The van der Waals surface area contributed by atoms with Crippen LogP contribution in [0.1, 0.15) is 18.9 Å². The monoisotopic (exact) mass is 368 g/mol. The molecule has 1 atom stereocenters. The van der Waals surface area contributed by atoms with Crippen molar-refractivity contribution < 1.29 is 22.7 Å². The van der Waals surface area contributed by atoms with Crippen molar-refractivity contribution in [1.29, 1.82) is 0 Å². The Balaban J connectivity index is 1.86. The summed E-state index contributed by atoms with van der Waals surface area (Å²) in [4.78, 5) is 25.3. The molecule has 1 N–H and O–H groups in total. The van der Waals surface area contributed by atoms with E-state index in [1.807, 2.05) is 24.3 Å². The summed E-state index contributed by atoms with van der Waals surface area (Å²) in [5.74, 6) is 0.174. The van der Waals surface area contributed by atoms with Crippen molar-refractivity contribution in [1.82, 2.24) is 10.2 Å². The molecule has 138 valence electrons. The molecule has 1 aromatic carbocycles. The predicted molar refractivity (Wildman–Crippen MR) is 94.2 cm³/mol. The number of para-hydroxylation sites is 1. The molecule has 2 amide bonds. The SMILES string of the molecule is COc1ccccc1CCNC(=O)CN(C(C)=O)C1CCS(=O)(=O)C1. The van der Waals surface area contributed by atoms with Gasteiger partial charge in [0.15, 0.2) is 9.84 Å². The number of amides is 2. The van der Waals surface area contributed by atoms with E-state index in [9.17, 15) is 18.0 Å². The highest BCUT2D eigenvalue weighted by Crippen LogP contribution is 2.18. The van der Waals surface area contributed by atoms with Crippen molar-refractivity contribution in [3.8, 4) is 5.75 Å². The van der Waals surface area contributed by atoms with Crippen LogP contribution in [0.3, 0.4) is 0 Å². The fourth-order valence-corrected chi connectivity index (χ4v) is 4.71. The van der Waals surface area contributed by atoms with Crippen LogP contribution in [0.4, 0.5) is 0 Å². The van der Waals surface area contributed by atoms with Gasteiger partial charge in [-0.2, -0.15) is 0 Å². The number of carbonyl (C=O) groups is 2. The summed E-state index contributed by atoms with van der Waals surface area (Å²) in [5.41, 5.74) is 0.982. The van der Waals surface area contributed by atoms with E-state index >= 15 is 0 Å². The molecule has 0 aliphatic carbocycles. The molecular formula is C17H24N2O5S. The minimum Gasteiger partial charge on any atom is -0.496 e. The first-order valence-corrected chi connectivity index (χ1v) is 10.0. The third-order valence-electron chi connectivity index (χ3n) is 4.28. The molecule has 2 rings (SSSR count). The van der Waals surface area contributed by atoms with Gasteiger partial charge in [-0.3, -0.25) is 9.59 Å². The van der Waals surface area contributed by atoms with E-state index in [0.717, 1.165) is 11.3 Å². The van der Waals surface area contributed by atoms with Crippen molar-refractivity contribution in [2.45, 2.75) is 25.8 Å². The van der Waals surface area contributed by atoms with E-state index in [2.05, 4.69) is 5.32 Å². The minimum absolute atomic E-state index is 0.0663. The van der Waals surface area contributed by atoms with Gasteiger partial charge >= 0.3 is 0 Å². The van der Waals surface area contributed by atoms with Crippen LogP contribution in [0.25, 0.3) is 0 Å². The predicted octanol–water partition coefficient (Wildman–Crippen LogP) is 0.390. The molecule has 1 unspecified atom stereocenters. The van der Waals surface area contributed by atoms with Crippen LogP contribution in [0.5, 0.6) is 5.75 Å². The first kappa shape index (κ1) is 19.2. The Morgan fingerprint density at radius 2 is 2.04 bits per heavy atom. The van der Waals surface area contributed by atoms with E-state index in [-0.39, 0.29) is 29.9 Å². The Morgan fingerprint density at radius 3 is 2.64 bits per heavy atom. The molecular weight excluding hydrogens is 344 g/mol. The molecule has 0 bridgehead atoms. The quantitative estimate of drug-likeness (QED) is 0.752. The number of nitrogens with zero attached hydrogens (tertiary/aromatic N) is 1. The summed E-state index contributed by atoms with van der Waals surface area (Å²) in [6.07, 6.45) is 0.990. The lowest BCUT2D eigenvalue weighted by Crippen LogP contribution is -2.46. The van der Waals surface area contributed by atoms with Gasteiger partial charge in [0, 0.05) is 19.5 Å². The number of benzene rings is 1. The molecule has 25 heavy (non-hydrogen) atoms. The molecule has 1 fully saturated rings. The minimum atomic E-state index is -3.11. The lowest BCUT2D eigenvalue weighted by Gasteiger charge is -2.26. The fraction of sp³-hybridized carbons (Fsp3) is 0.529. The Morgan fingerprint density at radius 1 is 1.32 bits per heavy atom. The van der Waals surface area contributed by atoms with Crippen LogP contribution in [-0.4, -0.2) is 62.9 Å². The molecule has 7 nitrogen and oxygen atoms in total. The zero-order valence-electron chi connectivity index (χ0n) is 14.5. The third-order valence-corrected chi connectivity index (χ3v) is 6.03. The largest absolute Gasteiger partial charge is 0.496 e. The van der Waals surface area contributed by atoms with Gasteiger partial charge in [0.2, 0.25) is 11.8 Å². The number of nitrogens with one attached hydrogen (secondary N) is 1. The number of sulfone groups is 1. The van der Waals surface area contributed by atoms with Crippen LogP contribution >= 0.6 is 0 Å². The lowest BCUT2D eigenvalue weighted by molar-refractivity contribution is -0.136. The van der Waals surface area contributed by atoms with Gasteiger partial charge in [-0.15, -0.1) is 0 Å². The molecule has 1 aliphatic rings. The molecule has 1 heterocycles. The van der Waals surface area contributed by atoms with E-state index in [0.29, 0.717) is 19.4 Å². The first-order valence-electron chi connectivity index (χ1n) is 8.18. The van der Waals surface area contributed by atoms with Crippen LogP contribution in [0, 0.1) is 0 Å². The second-order valence-electron chi connectivity index (χ2n) is 6.12. The molecule has 1 aromatic rings. The molecule has 0 radical (unpaired) electrons. The van der Waals surface area contributed by atoms with Gasteiger partial charge < -0.3 is 15.0 Å². The molecule has 0 saturated carbocycles. The second kappa shape index (κ2) is 8.33. The second-order valence-corrected chi connectivity index (χ2v) is 8.34. The van der Waals surface area contributed by atoms with Gasteiger partial charge in [-0.25, -0.2) is 8.42 Å². The summed E-state index contributed by atoms with van der Waals surface area (Å²) in [5, 5.41) is 2.77.